The second kappa shape index (κ2) is 4.94. The molecule has 0 saturated heterocycles. The summed E-state index contributed by atoms with van der Waals surface area (Å²) < 4.78 is 19.2. The van der Waals surface area contributed by atoms with Gasteiger partial charge >= 0.3 is 0 Å². The highest BCUT2D eigenvalue weighted by atomic mass is 35.5. The van der Waals surface area contributed by atoms with E-state index >= 15 is 0 Å². The number of nitrogens with zero attached hydrogens (tertiary/aromatic N) is 2. The predicted octanol–water partition coefficient (Wildman–Crippen LogP) is 3.80. The molecule has 0 aliphatic heterocycles. The van der Waals surface area contributed by atoms with Gasteiger partial charge in [-0.25, -0.2) is 9.37 Å². The SMILES string of the molecule is Nc1ccc(Oc2ncc(Cl)cc2F)c2cccnc12. The summed E-state index contributed by atoms with van der Waals surface area (Å²) in [6.07, 6.45) is 2.95. The summed E-state index contributed by atoms with van der Waals surface area (Å²) in [5.41, 5.74) is 6.97. The number of rotatable bonds is 2. The zero-order valence-electron chi connectivity index (χ0n) is 10.2. The number of fused-ring (bicyclic) bond motifs is 1. The number of nitrogen functional groups attached to an aromatic ring is 1. The molecule has 0 atom stereocenters. The van der Waals surface area contributed by atoms with Crippen LogP contribution in [0.2, 0.25) is 5.02 Å². The van der Waals surface area contributed by atoms with Gasteiger partial charge in [-0.1, -0.05) is 11.6 Å². The van der Waals surface area contributed by atoms with Crippen LogP contribution in [0.4, 0.5) is 10.1 Å². The van der Waals surface area contributed by atoms with Crippen molar-refractivity contribution >= 4 is 28.2 Å². The third kappa shape index (κ3) is 2.23. The number of pyridine rings is 2. The Hall–Kier alpha value is -2.40. The molecule has 0 aliphatic carbocycles. The predicted molar refractivity (Wildman–Crippen MR) is 75.4 cm³/mol. The van der Waals surface area contributed by atoms with Gasteiger partial charge in [-0.2, -0.15) is 0 Å². The first-order valence-corrected chi connectivity index (χ1v) is 6.15. The largest absolute Gasteiger partial charge is 0.436 e. The summed E-state index contributed by atoms with van der Waals surface area (Å²) in [6.45, 7) is 0. The minimum atomic E-state index is -0.633. The fraction of sp³-hybridized carbons (Fsp3) is 0. The lowest BCUT2D eigenvalue weighted by atomic mass is 10.2. The summed E-state index contributed by atoms with van der Waals surface area (Å²) in [6, 6.07) is 7.98. The van der Waals surface area contributed by atoms with E-state index in [-0.39, 0.29) is 10.9 Å². The van der Waals surface area contributed by atoms with E-state index in [0.29, 0.717) is 22.3 Å². The van der Waals surface area contributed by atoms with E-state index in [2.05, 4.69) is 9.97 Å². The van der Waals surface area contributed by atoms with Crippen molar-refractivity contribution in [3.8, 4) is 11.6 Å². The molecule has 0 saturated carbocycles. The number of halogens is 2. The first kappa shape index (κ1) is 12.6. The van der Waals surface area contributed by atoms with Crippen LogP contribution in [0.5, 0.6) is 11.6 Å². The lowest BCUT2D eigenvalue weighted by Crippen LogP contribution is -1.95. The molecule has 0 fully saturated rings. The van der Waals surface area contributed by atoms with Crippen LogP contribution < -0.4 is 10.5 Å². The molecule has 3 rings (SSSR count). The smallest absolute Gasteiger partial charge is 0.255 e. The van der Waals surface area contributed by atoms with E-state index in [1.807, 2.05) is 0 Å². The van der Waals surface area contributed by atoms with Gasteiger partial charge < -0.3 is 10.5 Å². The fourth-order valence-electron chi connectivity index (χ4n) is 1.84. The molecule has 0 amide bonds. The highest BCUT2D eigenvalue weighted by Gasteiger charge is 2.11. The number of hydrogen-bond acceptors (Lipinski definition) is 4. The van der Waals surface area contributed by atoms with Crippen molar-refractivity contribution in [1.82, 2.24) is 9.97 Å². The monoisotopic (exact) mass is 289 g/mol. The maximum atomic E-state index is 13.7. The minimum absolute atomic E-state index is 0.149. The lowest BCUT2D eigenvalue weighted by Gasteiger charge is -2.09. The Morgan fingerprint density at radius 1 is 1.20 bits per heavy atom. The fourth-order valence-corrected chi connectivity index (χ4v) is 1.98. The van der Waals surface area contributed by atoms with Crippen molar-refractivity contribution in [1.29, 1.82) is 0 Å². The Morgan fingerprint density at radius 2 is 2.05 bits per heavy atom. The summed E-state index contributed by atoms with van der Waals surface area (Å²) in [4.78, 5) is 8.00. The van der Waals surface area contributed by atoms with Crippen molar-refractivity contribution < 1.29 is 9.13 Å². The van der Waals surface area contributed by atoms with Crippen LogP contribution in [0.25, 0.3) is 10.9 Å². The zero-order valence-corrected chi connectivity index (χ0v) is 10.9. The topological polar surface area (TPSA) is 61.0 Å². The molecule has 20 heavy (non-hydrogen) atoms. The maximum Gasteiger partial charge on any atom is 0.255 e. The van der Waals surface area contributed by atoms with E-state index < -0.39 is 5.82 Å². The van der Waals surface area contributed by atoms with Gasteiger partial charge in [0, 0.05) is 17.8 Å². The van der Waals surface area contributed by atoms with Crippen LogP contribution in [-0.2, 0) is 0 Å². The molecule has 4 nitrogen and oxygen atoms in total. The number of ether oxygens (including phenoxy) is 1. The number of aromatic nitrogens is 2. The first-order chi connectivity index (χ1) is 9.65. The lowest BCUT2D eigenvalue weighted by molar-refractivity contribution is 0.427. The summed E-state index contributed by atoms with van der Waals surface area (Å²) in [7, 11) is 0. The molecule has 0 spiro atoms. The van der Waals surface area contributed by atoms with Gasteiger partial charge in [-0.15, -0.1) is 0 Å². The van der Waals surface area contributed by atoms with E-state index in [9.17, 15) is 4.39 Å². The molecule has 2 heterocycles. The van der Waals surface area contributed by atoms with Crippen LogP contribution in [-0.4, -0.2) is 9.97 Å². The van der Waals surface area contributed by atoms with Crippen molar-refractivity contribution in [3.63, 3.8) is 0 Å². The Morgan fingerprint density at radius 3 is 2.85 bits per heavy atom. The van der Waals surface area contributed by atoms with Crippen molar-refractivity contribution in [2.45, 2.75) is 0 Å². The molecule has 1 aromatic carbocycles. The van der Waals surface area contributed by atoms with Gasteiger partial charge in [-0.3, -0.25) is 4.98 Å². The second-order valence-corrected chi connectivity index (χ2v) is 4.53. The van der Waals surface area contributed by atoms with E-state index in [4.69, 9.17) is 22.1 Å². The normalized spacial score (nSPS) is 10.7. The molecule has 3 aromatic rings. The average molecular weight is 290 g/mol. The van der Waals surface area contributed by atoms with Crippen LogP contribution in [0.15, 0.2) is 42.7 Å². The van der Waals surface area contributed by atoms with Gasteiger partial charge in [0.2, 0.25) is 0 Å². The molecule has 100 valence electrons. The number of benzene rings is 1. The molecule has 6 heteroatoms. The maximum absolute atomic E-state index is 13.7. The molecular weight excluding hydrogens is 281 g/mol. The standard InChI is InChI=1S/C14H9ClFN3O/c15-8-6-10(16)14(19-7-8)20-12-4-3-11(17)13-9(12)2-1-5-18-13/h1-7H,17H2. The average Bonchev–Trinajstić information content (AvgIpc) is 2.45. The van der Waals surface area contributed by atoms with Gasteiger partial charge in [0.15, 0.2) is 5.82 Å². The van der Waals surface area contributed by atoms with Crippen molar-refractivity contribution in [2.75, 3.05) is 5.73 Å². The molecule has 0 bridgehead atoms. The second-order valence-electron chi connectivity index (χ2n) is 4.10. The minimum Gasteiger partial charge on any atom is -0.436 e. The van der Waals surface area contributed by atoms with Gasteiger partial charge in [0.1, 0.15) is 5.75 Å². The van der Waals surface area contributed by atoms with Crippen molar-refractivity contribution in [3.05, 3.63) is 53.6 Å². The molecule has 0 aliphatic rings. The van der Waals surface area contributed by atoms with Gasteiger partial charge in [-0.05, 0) is 30.3 Å². The molecule has 2 N–H and O–H groups in total. The molecule has 0 radical (unpaired) electrons. The Balaban J connectivity index is 2.09. The number of hydrogen-bond donors (Lipinski definition) is 1. The van der Waals surface area contributed by atoms with E-state index in [1.165, 1.54) is 6.20 Å². The molecular formula is C14H9ClFN3O. The highest BCUT2D eigenvalue weighted by molar-refractivity contribution is 6.30. The molecule has 0 unspecified atom stereocenters. The number of nitrogens with two attached hydrogens (primary N) is 1. The third-order valence-electron chi connectivity index (χ3n) is 2.74. The first-order valence-electron chi connectivity index (χ1n) is 5.77. The highest BCUT2D eigenvalue weighted by Crippen LogP contribution is 2.32. The van der Waals surface area contributed by atoms with Crippen LogP contribution in [0.1, 0.15) is 0 Å². The van der Waals surface area contributed by atoms with Crippen LogP contribution in [0, 0.1) is 5.82 Å². The van der Waals surface area contributed by atoms with E-state index in [1.54, 1.807) is 30.5 Å². The van der Waals surface area contributed by atoms with Crippen molar-refractivity contribution in [2.24, 2.45) is 0 Å². The van der Waals surface area contributed by atoms with Crippen LogP contribution >= 0.6 is 11.6 Å². The quantitative estimate of drug-likeness (QED) is 0.729. The number of anilines is 1. The Bertz CT molecular complexity index is 794. The zero-order chi connectivity index (χ0) is 14.1. The summed E-state index contributed by atoms with van der Waals surface area (Å²) in [5.74, 6) is -0.355. The molecule has 2 aromatic heterocycles. The Kier molecular flexibility index (Phi) is 3.12. The third-order valence-corrected chi connectivity index (χ3v) is 2.95. The van der Waals surface area contributed by atoms with E-state index in [0.717, 1.165) is 6.07 Å². The summed E-state index contributed by atoms with van der Waals surface area (Å²) in [5, 5.41) is 0.891. The van der Waals surface area contributed by atoms with Crippen LogP contribution in [0.3, 0.4) is 0 Å². The Labute approximate surface area is 119 Å². The summed E-state index contributed by atoms with van der Waals surface area (Å²) >= 11 is 5.65. The van der Waals surface area contributed by atoms with Gasteiger partial charge in [0.25, 0.3) is 5.88 Å². The van der Waals surface area contributed by atoms with Gasteiger partial charge in [0.05, 0.1) is 16.2 Å².